The summed E-state index contributed by atoms with van der Waals surface area (Å²) in [6, 6.07) is 0. The fourth-order valence-corrected chi connectivity index (χ4v) is 3.82. The number of carbonyl (C=O) groups is 2. The van der Waals surface area contributed by atoms with Crippen LogP contribution < -0.4 is 0 Å². The molecular weight excluding hydrogens is 452 g/mol. The summed E-state index contributed by atoms with van der Waals surface area (Å²) in [4.78, 5) is 36.6. The zero-order valence-corrected chi connectivity index (χ0v) is 23.3. The van der Waals surface area contributed by atoms with Gasteiger partial charge in [0.2, 0.25) is 12.2 Å². The van der Waals surface area contributed by atoms with Gasteiger partial charge in [-0.25, -0.2) is 30.0 Å². The van der Waals surface area contributed by atoms with E-state index in [1.54, 1.807) is 6.92 Å². The Morgan fingerprint density at radius 3 is 0.971 bits per heavy atom. The van der Waals surface area contributed by atoms with Crippen LogP contribution in [0.3, 0.4) is 0 Å². The van der Waals surface area contributed by atoms with Crippen LogP contribution >= 0.6 is 0 Å². The van der Waals surface area contributed by atoms with Crippen molar-refractivity contribution in [3.05, 3.63) is 56.8 Å². The van der Waals surface area contributed by atoms with Crippen molar-refractivity contribution in [2.45, 2.75) is 75.0 Å². The third-order valence-corrected chi connectivity index (χ3v) is 6.03. The van der Waals surface area contributed by atoms with Gasteiger partial charge >= 0.3 is 11.9 Å². The summed E-state index contributed by atoms with van der Waals surface area (Å²) in [6.45, 7) is 25.8. The first-order valence-electron chi connectivity index (χ1n) is 10.2. The molecule has 0 heterocycles. The maximum Gasteiger partial charge on any atom is 0.330 e. The Morgan fingerprint density at radius 1 is 0.735 bits per heavy atom. The third-order valence-electron chi connectivity index (χ3n) is 4.73. The molecule has 0 saturated heterocycles. The molecular formula is C25H40N2O6Si. The van der Waals surface area contributed by atoms with Gasteiger partial charge in [0, 0.05) is 11.1 Å². The van der Waals surface area contributed by atoms with Gasteiger partial charge < -0.3 is 10.2 Å². The van der Waals surface area contributed by atoms with Gasteiger partial charge in [0.25, 0.3) is 0 Å². The van der Waals surface area contributed by atoms with E-state index < -0.39 is 20.0 Å². The Labute approximate surface area is 204 Å². The van der Waals surface area contributed by atoms with Crippen molar-refractivity contribution in [2.24, 2.45) is 0 Å². The van der Waals surface area contributed by atoms with Gasteiger partial charge in [-0.05, 0) is 88.8 Å². The number of aliphatic carboxylic acids is 2. The number of isocyanates is 2. The molecule has 0 atom stereocenters. The van der Waals surface area contributed by atoms with Crippen LogP contribution in [-0.2, 0) is 19.2 Å². The Kier molecular flexibility index (Phi) is 21.3. The van der Waals surface area contributed by atoms with Gasteiger partial charge in [-0.15, -0.1) is 0 Å². The minimum absolute atomic E-state index is 0.176. The molecule has 8 nitrogen and oxygen atoms in total. The molecule has 0 bridgehead atoms. The number of rotatable bonds is 3. The standard InChI is InChI=1S/C12H18.C7H14O2Si.C4H6O2.2CHNO/c1-7-8(2)10(4)12(6)11(5)9(7)3;1-6(7(8)9)5-10(2,3)4;1-3(2)4(5)6;2*2-1-3/h1-6H3;5H,1-4H3,(H,8,9);1H2,2H3,(H,5,6);2*2H. The quantitative estimate of drug-likeness (QED) is 0.178. The lowest BCUT2D eigenvalue weighted by Gasteiger charge is -2.15. The molecule has 0 radical (unpaired) electrons. The monoisotopic (exact) mass is 492 g/mol. The highest BCUT2D eigenvalue weighted by Gasteiger charge is 2.11. The van der Waals surface area contributed by atoms with Crippen molar-refractivity contribution < 1.29 is 29.4 Å². The molecule has 0 amide bonds. The molecule has 0 unspecified atom stereocenters. The van der Waals surface area contributed by atoms with Gasteiger partial charge in [0.1, 0.15) is 0 Å². The summed E-state index contributed by atoms with van der Waals surface area (Å²) in [5, 5.41) is 27.2. The van der Waals surface area contributed by atoms with E-state index >= 15 is 0 Å². The molecule has 0 aliphatic carbocycles. The average Bonchev–Trinajstić information content (AvgIpc) is 2.70. The predicted molar refractivity (Wildman–Crippen MR) is 139 cm³/mol. The SMILES string of the molecule is C=C(C)C(=O)O.CC(=C[Si](C)(C)C)C(=O)O.Cc1c(C)c(C)c(C)c(C)c1C.N=C=O.N=C=O. The molecule has 190 valence electrons. The lowest BCUT2D eigenvalue weighted by atomic mass is 9.90. The van der Waals surface area contributed by atoms with Crippen molar-refractivity contribution >= 4 is 32.2 Å². The second-order valence-electron chi connectivity index (χ2n) is 8.54. The normalized spacial score (nSPS) is 9.44. The van der Waals surface area contributed by atoms with E-state index in [2.05, 4.69) is 67.8 Å². The van der Waals surface area contributed by atoms with Gasteiger partial charge in [-0.1, -0.05) is 31.9 Å². The summed E-state index contributed by atoms with van der Waals surface area (Å²) in [6.07, 6.45) is 1.50. The van der Waals surface area contributed by atoms with E-state index in [-0.39, 0.29) is 5.57 Å². The fourth-order valence-electron chi connectivity index (χ4n) is 2.40. The molecule has 0 fully saturated rings. The van der Waals surface area contributed by atoms with E-state index in [9.17, 15) is 9.59 Å². The second kappa shape index (κ2) is 19.1. The van der Waals surface area contributed by atoms with E-state index in [1.165, 1.54) is 40.3 Å². The Morgan fingerprint density at radius 2 is 0.912 bits per heavy atom. The third kappa shape index (κ3) is 19.3. The fraction of sp³-hybridized carbons (Fsp3) is 0.440. The highest BCUT2D eigenvalue weighted by Crippen LogP contribution is 2.24. The lowest BCUT2D eigenvalue weighted by molar-refractivity contribution is -0.133. The van der Waals surface area contributed by atoms with Gasteiger partial charge in [-0.2, -0.15) is 0 Å². The van der Waals surface area contributed by atoms with Crippen LogP contribution in [0.4, 0.5) is 0 Å². The first kappa shape index (κ1) is 37.9. The van der Waals surface area contributed by atoms with Crippen LogP contribution in [-0.4, -0.2) is 42.4 Å². The van der Waals surface area contributed by atoms with Crippen LogP contribution in [0.15, 0.2) is 23.4 Å². The Balaban J connectivity index is -0.000000184. The minimum atomic E-state index is -1.33. The minimum Gasteiger partial charge on any atom is -0.478 e. The highest BCUT2D eigenvalue weighted by atomic mass is 28.3. The van der Waals surface area contributed by atoms with Crippen LogP contribution in [0.25, 0.3) is 0 Å². The van der Waals surface area contributed by atoms with E-state index in [0.717, 1.165) is 12.2 Å². The molecule has 34 heavy (non-hydrogen) atoms. The van der Waals surface area contributed by atoms with Gasteiger partial charge in [0.15, 0.2) is 0 Å². The Hall–Kier alpha value is -3.38. The predicted octanol–water partition coefficient (Wildman–Crippen LogP) is 5.88. The molecule has 9 heteroatoms. The molecule has 0 saturated carbocycles. The maximum absolute atomic E-state index is 10.3. The largest absolute Gasteiger partial charge is 0.478 e. The number of hydrogen-bond acceptors (Lipinski definition) is 6. The van der Waals surface area contributed by atoms with Crippen molar-refractivity contribution in [1.82, 2.24) is 0 Å². The molecule has 1 aromatic rings. The average molecular weight is 493 g/mol. The molecule has 4 N–H and O–H groups in total. The van der Waals surface area contributed by atoms with Crippen molar-refractivity contribution in [2.75, 3.05) is 0 Å². The molecule has 0 aliphatic rings. The first-order valence-corrected chi connectivity index (χ1v) is 13.8. The second-order valence-corrected chi connectivity index (χ2v) is 13.6. The van der Waals surface area contributed by atoms with Crippen LogP contribution in [0, 0.1) is 52.4 Å². The van der Waals surface area contributed by atoms with Crippen LogP contribution in [0.2, 0.25) is 19.6 Å². The number of nitrogens with one attached hydrogen (secondary N) is 2. The summed E-state index contributed by atoms with van der Waals surface area (Å²) in [7, 11) is -1.33. The smallest absolute Gasteiger partial charge is 0.330 e. The summed E-state index contributed by atoms with van der Waals surface area (Å²) >= 11 is 0. The number of hydrogen-bond donors (Lipinski definition) is 4. The van der Waals surface area contributed by atoms with Crippen molar-refractivity contribution in [3.63, 3.8) is 0 Å². The highest BCUT2D eigenvalue weighted by molar-refractivity contribution is 6.81. The topological polar surface area (TPSA) is 156 Å². The number of carbonyl (C=O) groups excluding carboxylic acids is 2. The molecule has 1 rings (SSSR count). The zero-order chi connectivity index (χ0) is 28.4. The molecule has 1 aromatic carbocycles. The number of benzene rings is 1. The van der Waals surface area contributed by atoms with E-state index in [4.69, 9.17) is 30.6 Å². The summed E-state index contributed by atoms with van der Waals surface area (Å²) in [5.41, 5.74) is 11.3. The maximum atomic E-state index is 10.3. The number of carboxylic acids is 2. The van der Waals surface area contributed by atoms with Gasteiger partial charge in [0.05, 0.1) is 8.07 Å². The summed E-state index contributed by atoms with van der Waals surface area (Å²) < 4.78 is 0. The first-order chi connectivity index (χ1) is 15.3. The van der Waals surface area contributed by atoms with E-state index in [1.807, 2.05) is 5.70 Å². The van der Waals surface area contributed by atoms with Crippen LogP contribution in [0.5, 0.6) is 0 Å². The number of carboxylic acid groups (broad SMARTS) is 2. The Bertz CT molecular complexity index is 816. The molecule has 0 aliphatic heterocycles. The summed E-state index contributed by atoms with van der Waals surface area (Å²) in [5.74, 6) is -1.74. The van der Waals surface area contributed by atoms with Crippen molar-refractivity contribution in [1.29, 1.82) is 10.8 Å². The van der Waals surface area contributed by atoms with Crippen molar-refractivity contribution in [3.8, 4) is 0 Å². The lowest BCUT2D eigenvalue weighted by Crippen LogP contribution is -2.18. The van der Waals surface area contributed by atoms with E-state index in [0.29, 0.717) is 5.57 Å². The van der Waals surface area contributed by atoms with Crippen LogP contribution in [0.1, 0.15) is 47.2 Å². The zero-order valence-electron chi connectivity index (χ0n) is 22.3. The van der Waals surface area contributed by atoms with Gasteiger partial charge in [-0.3, -0.25) is 0 Å². The molecule has 0 aromatic heterocycles. The molecule has 0 spiro atoms.